The summed E-state index contributed by atoms with van der Waals surface area (Å²) >= 11 is 0. The molecule has 0 aliphatic carbocycles. The van der Waals surface area contributed by atoms with Gasteiger partial charge in [-0.25, -0.2) is 0 Å². The number of hydrogen-bond acceptors (Lipinski definition) is 7. The minimum atomic E-state index is -0.743. The Balaban J connectivity index is 1.44. The van der Waals surface area contributed by atoms with Gasteiger partial charge in [-0.05, 0) is 24.3 Å². The van der Waals surface area contributed by atoms with Crippen molar-refractivity contribution in [1.82, 2.24) is 5.32 Å². The SMILES string of the molecule is COc1ccccc1C(=O)NCC(=O)OCC(=O)Nc1ccc2c(c1)OCCCO2. The van der Waals surface area contributed by atoms with E-state index in [1.807, 2.05) is 0 Å². The molecule has 0 fully saturated rings. The van der Waals surface area contributed by atoms with Crippen LogP contribution in [0, 0.1) is 0 Å². The Kier molecular flexibility index (Phi) is 7.09. The van der Waals surface area contributed by atoms with Gasteiger partial charge >= 0.3 is 5.97 Å². The van der Waals surface area contributed by atoms with E-state index in [1.165, 1.54) is 7.11 Å². The van der Waals surface area contributed by atoms with Crippen LogP contribution in [0.25, 0.3) is 0 Å². The van der Waals surface area contributed by atoms with Crippen molar-refractivity contribution in [2.24, 2.45) is 0 Å². The molecule has 1 aliphatic rings. The number of carbonyl (C=O) groups excluding carboxylic acids is 3. The first-order chi connectivity index (χ1) is 14.6. The van der Waals surface area contributed by atoms with Gasteiger partial charge in [0.1, 0.15) is 12.3 Å². The van der Waals surface area contributed by atoms with Crippen molar-refractivity contribution in [3.05, 3.63) is 48.0 Å². The molecule has 158 valence electrons. The summed E-state index contributed by atoms with van der Waals surface area (Å²) in [4.78, 5) is 36.0. The first-order valence-corrected chi connectivity index (χ1v) is 9.33. The van der Waals surface area contributed by atoms with E-state index in [4.69, 9.17) is 18.9 Å². The normalized spacial score (nSPS) is 12.3. The Hall–Kier alpha value is -3.75. The second-order valence-corrected chi connectivity index (χ2v) is 6.30. The van der Waals surface area contributed by atoms with Crippen molar-refractivity contribution < 1.29 is 33.3 Å². The van der Waals surface area contributed by atoms with Crippen molar-refractivity contribution in [1.29, 1.82) is 0 Å². The molecule has 30 heavy (non-hydrogen) atoms. The van der Waals surface area contributed by atoms with Gasteiger partial charge in [0.05, 0.1) is 25.9 Å². The van der Waals surface area contributed by atoms with Crippen molar-refractivity contribution in [3.63, 3.8) is 0 Å². The molecule has 0 radical (unpaired) electrons. The third-order valence-electron chi connectivity index (χ3n) is 4.14. The number of amides is 2. The molecule has 9 heteroatoms. The van der Waals surface area contributed by atoms with Gasteiger partial charge in [-0.1, -0.05) is 12.1 Å². The molecule has 2 N–H and O–H groups in total. The number of anilines is 1. The average Bonchev–Trinajstić information content (AvgIpc) is 3.01. The first kappa shape index (κ1) is 21.0. The molecule has 2 aromatic carbocycles. The van der Waals surface area contributed by atoms with E-state index in [1.54, 1.807) is 42.5 Å². The number of benzene rings is 2. The monoisotopic (exact) mass is 414 g/mol. The molecule has 2 amide bonds. The molecule has 0 aromatic heterocycles. The van der Waals surface area contributed by atoms with E-state index in [2.05, 4.69) is 10.6 Å². The number of nitrogens with one attached hydrogen (secondary N) is 2. The number of ether oxygens (including phenoxy) is 4. The predicted molar refractivity (Wildman–Crippen MR) is 107 cm³/mol. The van der Waals surface area contributed by atoms with E-state index in [0.717, 1.165) is 6.42 Å². The quantitative estimate of drug-likeness (QED) is 0.664. The van der Waals surface area contributed by atoms with E-state index in [-0.39, 0.29) is 6.54 Å². The molecule has 0 saturated carbocycles. The lowest BCUT2D eigenvalue weighted by Crippen LogP contribution is -2.32. The minimum absolute atomic E-state index is 0.292. The summed E-state index contributed by atoms with van der Waals surface area (Å²) in [6.45, 7) is 0.233. The van der Waals surface area contributed by atoms with Gasteiger partial charge in [-0.3, -0.25) is 14.4 Å². The fourth-order valence-electron chi connectivity index (χ4n) is 2.72. The molecule has 0 atom stereocenters. The molecular formula is C21H22N2O7. The lowest BCUT2D eigenvalue weighted by atomic mass is 10.2. The van der Waals surface area contributed by atoms with Crippen LogP contribution in [0.4, 0.5) is 5.69 Å². The topological polar surface area (TPSA) is 112 Å². The van der Waals surface area contributed by atoms with Gasteiger partial charge in [0.15, 0.2) is 18.1 Å². The zero-order valence-corrected chi connectivity index (χ0v) is 16.4. The van der Waals surface area contributed by atoms with E-state index in [0.29, 0.717) is 41.7 Å². The van der Waals surface area contributed by atoms with Gasteiger partial charge in [0.2, 0.25) is 0 Å². The first-order valence-electron chi connectivity index (χ1n) is 9.33. The Morgan fingerprint density at radius 1 is 1.03 bits per heavy atom. The van der Waals surface area contributed by atoms with Crippen molar-refractivity contribution in [3.8, 4) is 17.2 Å². The Labute approximate surface area is 173 Å². The number of methoxy groups -OCH3 is 1. The molecule has 0 unspecified atom stereocenters. The van der Waals surface area contributed by atoms with Crippen LogP contribution in [0.15, 0.2) is 42.5 Å². The summed E-state index contributed by atoms with van der Waals surface area (Å²) in [5.74, 6) is -0.205. The molecule has 3 rings (SSSR count). The number of rotatable bonds is 7. The zero-order chi connectivity index (χ0) is 21.3. The van der Waals surface area contributed by atoms with Gasteiger partial charge in [-0.15, -0.1) is 0 Å². The lowest BCUT2D eigenvalue weighted by Gasteiger charge is -2.11. The third-order valence-corrected chi connectivity index (χ3v) is 4.14. The lowest BCUT2D eigenvalue weighted by molar-refractivity contribution is -0.146. The summed E-state index contributed by atoms with van der Waals surface area (Å²) in [6.07, 6.45) is 0.778. The fourth-order valence-corrected chi connectivity index (χ4v) is 2.72. The third kappa shape index (κ3) is 5.63. The standard InChI is InChI=1S/C21H22N2O7/c1-27-16-6-3-2-5-15(16)21(26)22-12-20(25)30-13-19(24)23-14-7-8-17-18(11-14)29-10-4-9-28-17/h2-3,5-8,11H,4,9-10,12-13H2,1H3,(H,22,26)(H,23,24). The van der Waals surface area contributed by atoms with Crippen LogP contribution in [-0.4, -0.2) is 51.3 Å². The van der Waals surface area contributed by atoms with Crippen molar-refractivity contribution in [2.45, 2.75) is 6.42 Å². The molecule has 0 saturated heterocycles. The maximum Gasteiger partial charge on any atom is 0.325 e. The second kappa shape index (κ2) is 10.1. The van der Waals surface area contributed by atoms with E-state index < -0.39 is 24.4 Å². The number of esters is 1. The Bertz CT molecular complexity index is 929. The average molecular weight is 414 g/mol. The highest BCUT2D eigenvalue weighted by Crippen LogP contribution is 2.32. The molecule has 1 aliphatic heterocycles. The summed E-state index contributed by atoms with van der Waals surface area (Å²) in [7, 11) is 1.45. The Morgan fingerprint density at radius 2 is 1.80 bits per heavy atom. The van der Waals surface area contributed by atoms with Crippen LogP contribution in [0.5, 0.6) is 17.2 Å². The molecule has 2 aromatic rings. The van der Waals surface area contributed by atoms with Crippen LogP contribution < -0.4 is 24.8 Å². The van der Waals surface area contributed by atoms with Crippen LogP contribution in [-0.2, 0) is 14.3 Å². The number of fused-ring (bicyclic) bond motifs is 1. The van der Waals surface area contributed by atoms with Crippen molar-refractivity contribution in [2.75, 3.05) is 38.8 Å². The Morgan fingerprint density at radius 3 is 2.60 bits per heavy atom. The minimum Gasteiger partial charge on any atom is -0.496 e. The molecule has 0 bridgehead atoms. The summed E-state index contributed by atoms with van der Waals surface area (Å²) in [6, 6.07) is 11.6. The van der Waals surface area contributed by atoms with Crippen molar-refractivity contribution >= 4 is 23.5 Å². The van der Waals surface area contributed by atoms with Gasteiger partial charge < -0.3 is 29.6 Å². The molecule has 1 heterocycles. The smallest absolute Gasteiger partial charge is 0.325 e. The van der Waals surface area contributed by atoms with Gasteiger partial charge in [-0.2, -0.15) is 0 Å². The predicted octanol–water partition coefficient (Wildman–Crippen LogP) is 1.77. The summed E-state index contributed by atoms with van der Waals surface area (Å²) < 4.78 is 21.1. The van der Waals surface area contributed by atoms with Crippen LogP contribution in [0.1, 0.15) is 16.8 Å². The summed E-state index contributed by atoms with van der Waals surface area (Å²) in [5, 5.41) is 5.05. The highest BCUT2D eigenvalue weighted by atomic mass is 16.5. The van der Waals surface area contributed by atoms with E-state index >= 15 is 0 Å². The number of carbonyl (C=O) groups is 3. The molecule has 9 nitrogen and oxygen atoms in total. The molecule has 0 spiro atoms. The zero-order valence-electron chi connectivity index (χ0n) is 16.4. The summed E-state index contributed by atoms with van der Waals surface area (Å²) in [5.41, 5.74) is 0.782. The van der Waals surface area contributed by atoms with E-state index in [9.17, 15) is 14.4 Å². The van der Waals surface area contributed by atoms with Crippen LogP contribution >= 0.6 is 0 Å². The van der Waals surface area contributed by atoms with Gasteiger partial charge in [0, 0.05) is 18.2 Å². The number of para-hydroxylation sites is 1. The largest absolute Gasteiger partial charge is 0.496 e. The maximum absolute atomic E-state index is 12.1. The molecular weight excluding hydrogens is 392 g/mol. The highest BCUT2D eigenvalue weighted by molar-refractivity contribution is 5.98. The van der Waals surface area contributed by atoms with Crippen LogP contribution in [0.2, 0.25) is 0 Å². The fraction of sp³-hybridized carbons (Fsp3) is 0.286. The number of hydrogen-bond donors (Lipinski definition) is 2. The van der Waals surface area contributed by atoms with Gasteiger partial charge in [0.25, 0.3) is 11.8 Å². The highest BCUT2D eigenvalue weighted by Gasteiger charge is 2.15. The van der Waals surface area contributed by atoms with Crippen LogP contribution in [0.3, 0.4) is 0 Å². The second-order valence-electron chi connectivity index (χ2n) is 6.30. The maximum atomic E-state index is 12.1.